The van der Waals surface area contributed by atoms with Gasteiger partial charge in [-0.1, -0.05) is 20.8 Å². The first-order chi connectivity index (χ1) is 7.62. The minimum Gasteiger partial charge on any atom is -0.314 e. The molecular formula is C14H28N2. The van der Waals surface area contributed by atoms with Gasteiger partial charge >= 0.3 is 0 Å². The van der Waals surface area contributed by atoms with Gasteiger partial charge in [0.25, 0.3) is 0 Å². The summed E-state index contributed by atoms with van der Waals surface area (Å²) in [5.74, 6) is 0.972. The van der Waals surface area contributed by atoms with Crippen LogP contribution in [0.25, 0.3) is 0 Å². The van der Waals surface area contributed by atoms with Gasteiger partial charge in [0.2, 0.25) is 0 Å². The highest BCUT2D eigenvalue weighted by atomic mass is 15.1. The number of hydrogen-bond acceptors (Lipinski definition) is 2. The molecule has 1 aliphatic heterocycles. The summed E-state index contributed by atoms with van der Waals surface area (Å²) in [5, 5.41) is 3.65. The van der Waals surface area contributed by atoms with Crippen LogP contribution in [0.2, 0.25) is 0 Å². The maximum Gasteiger partial charge on any atom is 0.00766 e. The molecule has 2 unspecified atom stereocenters. The van der Waals surface area contributed by atoms with Crippen molar-refractivity contribution in [3.8, 4) is 0 Å². The third kappa shape index (κ3) is 3.21. The predicted octanol–water partition coefficient (Wildman–Crippen LogP) is 2.50. The van der Waals surface area contributed by atoms with Crippen LogP contribution in [0, 0.1) is 11.3 Å². The van der Waals surface area contributed by atoms with Crippen molar-refractivity contribution in [3.63, 3.8) is 0 Å². The van der Waals surface area contributed by atoms with Crippen LogP contribution in [0.5, 0.6) is 0 Å². The Labute approximate surface area is 101 Å². The Bertz CT molecular complexity index is 225. The van der Waals surface area contributed by atoms with Gasteiger partial charge in [0.05, 0.1) is 0 Å². The lowest BCUT2D eigenvalue weighted by molar-refractivity contribution is 0.215. The van der Waals surface area contributed by atoms with E-state index in [2.05, 4.69) is 31.0 Å². The van der Waals surface area contributed by atoms with E-state index in [0.29, 0.717) is 5.41 Å². The van der Waals surface area contributed by atoms with Gasteiger partial charge in [0, 0.05) is 12.6 Å². The van der Waals surface area contributed by atoms with E-state index >= 15 is 0 Å². The van der Waals surface area contributed by atoms with E-state index < -0.39 is 0 Å². The molecule has 0 radical (unpaired) electrons. The molecule has 2 atom stereocenters. The Morgan fingerprint density at radius 3 is 2.69 bits per heavy atom. The van der Waals surface area contributed by atoms with Gasteiger partial charge in [0.15, 0.2) is 0 Å². The lowest BCUT2D eigenvalue weighted by atomic mass is 10.1. The first kappa shape index (κ1) is 12.4. The maximum absolute atomic E-state index is 3.65. The summed E-state index contributed by atoms with van der Waals surface area (Å²) >= 11 is 0. The average Bonchev–Trinajstić information content (AvgIpc) is 2.79. The lowest BCUT2D eigenvalue weighted by Crippen LogP contribution is -2.40. The van der Waals surface area contributed by atoms with Gasteiger partial charge in [-0.15, -0.1) is 0 Å². The molecule has 1 saturated heterocycles. The smallest absolute Gasteiger partial charge is 0.00766 e. The molecular weight excluding hydrogens is 196 g/mol. The van der Waals surface area contributed by atoms with Crippen molar-refractivity contribution in [2.45, 2.75) is 52.5 Å². The van der Waals surface area contributed by atoms with Crippen molar-refractivity contribution >= 4 is 0 Å². The number of nitrogens with one attached hydrogen (secondary N) is 1. The van der Waals surface area contributed by atoms with E-state index in [-0.39, 0.29) is 0 Å². The van der Waals surface area contributed by atoms with E-state index in [1.165, 1.54) is 51.9 Å². The van der Waals surface area contributed by atoms with Crippen LogP contribution in [0.1, 0.15) is 46.5 Å². The molecule has 16 heavy (non-hydrogen) atoms. The Morgan fingerprint density at radius 1 is 1.31 bits per heavy atom. The van der Waals surface area contributed by atoms with E-state index in [1.807, 2.05) is 0 Å². The van der Waals surface area contributed by atoms with Gasteiger partial charge in [-0.05, 0) is 56.7 Å². The third-order valence-electron chi connectivity index (χ3n) is 4.57. The van der Waals surface area contributed by atoms with Crippen molar-refractivity contribution in [2.75, 3.05) is 26.2 Å². The van der Waals surface area contributed by atoms with Gasteiger partial charge in [0.1, 0.15) is 0 Å². The second-order valence-electron chi connectivity index (χ2n) is 6.39. The second kappa shape index (κ2) is 5.05. The average molecular weight is 224 g/mol. The quantitative estimate of drug-likeness (QED) is 0.792. The summed E-state index contributed by atoms with van der Waals surface area (Å²) in [5.41, 5.74) is 0.644. The van der Waals surface area contributed by atoms with E-state index in [9.17, 15) is 0 Å². The standard InChI is InChI=1S/C14H28N2/c1-4-13-6-9-16(8-5-7-15-13)11-12-10-14(12,2)3/h12-13,15H,4-11H2,1-3H3. The van der Waals surface area contributed by atoms with Crippen LogP contribution < -0.4 is 5.32 Å². The highest BCUT2D eigenvalue weighted by Gasteiger charge is 2.45. The van der Waals surface area contributed by atoms with Crippen molar-refractivity contribution in [2.24, 2.45) is 11.3 Å². The fourth-order valence-electron chi connectivity index (χ4n) is 2.89. The minimum atomic E-state index is 0.644. The molecule has 1 saturated carbocycles. The van der Waals surface area contributed by atoms with Crippen molar-refractivity contribution in [3.05, 3.63) is 0 Å². The first-order valence-corrected chi connectivity index (χ1v) is 7.07. The van der Waals surface area contributed by atoms with Crippen LogP contribution in [0.15, 0.2) is 0 Å². The van der Waals surface area contributed by atoms with Crippen molar-refractivity contribution in [1.82, 2.24) is 10.2 Å². The molecule has 2 fully saturated rings. The van der Waals surface area contributed by atoms with E-state index in [0.717, 1.165) is 12.0 Å². The fourth-order valence-corrected chi connectivity index (χ4v) is 2.89. The molecule has 1 N–H and O–H groups in total. The van der Waals surface area contributed by atoms with Crippen LogP contribution in [0.3, 0.4) is 0 Å². The summed E-state index contributed by atoms with van der Waals surface area (Å²) < 4.78 is 0. The maximum atomic E-state index is 3.65. The van der Waals surface area contributed by atoms with Crippen LogP contribution >= 0.6 is 0 Å². The Balaban J connectivity index is 1.76. The van der Waals surface area contributed by atoms with Gasteiger partial charge in [-0.2, -0.15) is 0 Å². The van der Waals surface area contributed by atoms with Gasteiger partial charge in [-0.3, -0.25) is 0 Å². The Morgan fingerprint density at radius 2 is 2.06 bits per heavy atom. The summed E-state index contributed by atoms with van der Waals surface area (Å²) in [7, 11) is 0. The molecule has 2 rings (SSSR count). The van der Waals surface area contributed by atoms with Gasteiger partial charge in [-0.25, -0.2) is 0 Å². The minimum absolute atomic E-state index is 0.644. The largest absolute Gasteiger partial charge is 0.314 e. The molecule has 2 aliphatic rings. The summed E-state index contributed by atoms with van der Waals surface area (Å²) in [6, 6.07) is 0.759. The molecule has 94 valence electrons. The topological polar surface area (TPSA) is 15.3 Å². The zero-order chi connectivity index (χ0) is 11.6. The molecule has 2 nitrogen and oxygen atoms in total. The highest BCUT2D eigenvalue weighted by Crippen LogP contribution is 2.51. The first-order valence-electron chi connectivity index (χ1n) is 7.07. The molecule has 0 bridgehead atoms. The predicted molar refractivity (Wildman–Crippen MR) is 69.6 cm³/mol. The SMILES string of the molecule is CCC1CCN(CC2CC2(C)C)CCCN1. The van der Waals surface area contributed by atoms with Gasteiger partial charge < -0.3 is 10.2 Å². The lowest BCUT2D eigenvalue weighted by Gasteiger charge is -2.29. The summed E-state index contributed by atoms with van der Waals surface area (Å²) in [6.07, 6.45) is 5.38. The van der Waals surface area contributed by atoms with E-state index in [1.54, 1.807) is 0 Å². The normalized spacial score (nSPS) is 35.4. The Kier molecular flexibility index (Phi) is 3.91. The fraction of sp³-hybridized carbons (Fsp3) is 1.00. The molecule has 2 heteroatoms. The number of rotatable bonds is 3. The summed E-state index contributed by atoms with van der Waals surface area (Å²) in [6.45, 7) is 12.3. The zero-order valence-corrected chi connectivity index (χ0v) is 11.3. The molecule has 0 amide bonds. The van der Waals surface area contributed by atoms with Crippen molar-refractivity contribution < 1.29 is 0 Å². The monoisotopic (exact) mass is 224 g/mol. The van der Waals surface area contributed by atoms with Crippen molar-refractivity contribution in [1.29, 1.82) is 0 Å². The Hall–Kier alpha value is -0.0800. The van der Waals surface area contributed by atoms with Crippen LogP contribution in [-0.4, -0.2) is 37.1 Å². The molecule has 0 aromatic rings. The van der Waals surface area contributed by atoms with Crippen LogP contribution in [0.4, 0.5) is 0 Å². The number of hydrogen-bond donors (Lipinski definition) is 1. The third-order valence-corrected chi connectivity index (χ3v) is 4.57. The molecule has 0 spiro atoms. The van der Waals surface area contributed by atoms with E-state index in [4.69, 9.17) is 0 Å². The van der Waals surface area contributed by atoms with Crippen LogP contribution in [-0.2, 0) is 0 Å². The molecule has 0 aromatic carbocycles. The zero-order valence-electron chi connectivity index (χ0n) is 11.3. The summed E-state index contributed by atoms with van der Waals surface area (Å²) in [4.78, 5) is 2.71. The molecule has 0 aromatic heterocycles. The molecule has 1 aliphatic carbocycles. The molecule has 1 heterocycles. The highest BCUT2D eigenvalue weighted by molar-refractivity contribution is 4.96. The second-order valence-corrected chi connectivity index (χ2v) is 6.39. The number of nitrogens with zero attached hydrogens (tertiary/aromatic N) is 1.